The molecule has 2 aliphatic carbocycles. The maximum Gasteiger partial charge on any atom is 0.315 e. The molecule has 2 aliphatic rings. The van der Waals surface area contributed by atoms with Gasteiger partial charge in [-0.2, -0.15) is 0 Å². The molecular formula is C14H16O3. The van der Waals surface area contributed by atoms with E-state index in [0.717, 1.165) is 12.0 Å². The number of hydrogen-bond donors (Lipinski definition) is 0. The normalized spacial score (nSPS) is 32.8. The van der Waals surface area contributed by atoms with Crippen LogP contribution in [0.15, 0.2) is 24.3 Å². The standard InChI is InChI=1S/C14H16O3/c1-3-17-13(15)14-8-11(14)9-6-4-5-7-10(9)12(14)16-2/h4-7,11-12H,3,8H2,1-2H3/t11-,12+,14+/m1/s1. The summed E-state index contributed by atoms with van der Waals surface area (Å²) in [6, 6.07) is 8.16. The SMILES string of the molecule is CCOC(=O)[C@@]12C[C@@H]1c1ccccc1[C@@H]2OC. The van der Waals surface area contributed by atoms with E-state index >= 15 is 0 Å². The van der Waals surface area contributed by atoms with Crippen molar-refractivity contribution in [1.29, 1.82) is 0 Å². The summed E-state index contributed by atoms with van der Waals surface area (Å²) in [6.45, 7) is 2.27. The molecule has 1 fully saturated rings. The van der Waals surface area contributed by atoms with Crippen molar-refractivity contribution in [2.24, 2.45) is 5.41 Å². The van der Waals surface area contributed by atoms with Gasteiger partial charge in [-0.15, -0.1) is 0 Å². The van der Waals surface area contributed by atoms with E-state index in [1.165, 1.54) is 5.56 Å². The van der Waals surface area contributed by atoms with Crippen LogP contribution in [0.2, 0.25) is 0 Å². The molecule has 0 amide bonds. The number of benzene rings is 1. The van der Waals surface area contributed by atoms with Gasteiger partial charge in [-0.25, -0.2) is 0 Å². The highest BCUT2D eigenvalue weighted by atomic mass is 16.5. The minimum absolute atomic E-state index is 0.104. The lowest BCUT2D eigenvalue weighted by molar-refractivity contribution is -0.155. The molecule has 0 heterocycles. The molecule has 0 radical (unpaired) electrons. The molecular weight excluding hydrogens is 216 g/mol. The van der Waals surface area contributed by atoms with E-state index in [0.29, 0.717) is 12.5 Å². The Bertz CT molecular complexity index is 468. The van der Waals surface area contributed by atoms with Gasteiger partial charge >= 0.3 is 5.97 Å². The van der Waals surface area contributed by atoms with Gasteiger partial charge in [0.25, 0.3) is 0 Å². The van der Waals surface area contributed by atoms with Crippen LogP contribution in [0, 0.1) is 5.41 Å². The minimum Gasteiger partial charge on any atom is -0.465 e. The Kier molecular flexibility index (Phi) is 2.26. The first-order valence-corrected chi connectivity index (χ1v) is 6.04. The Morgan fingerprint density at radius 1 is 1.41 bits per heavy atom. The number of esters is 1. The Labute approximate surface area is 101 Å². The van der Waals surface area contributed by atoms with E-state index in [1.807, 2.05) is 19.1 Å². The lowest BCUT2D eigenvalue weighted by Crippen LogP contribution is -2.26. The van der Waals surface area contributed by atoms with E-state index in [-0.39, 0.29) is 12.1 Å². The van der Waals surface area contributed by atoms with E-state index in [9.17, 15) is 4.79 Å². The van der Waals surface area contributed by atoms with Gasteiger partial charge in [0.2, 0.25) is 0 Å². The van der Waals surface area contributed by atoms with E-state index in [4.69, 9.17) is 9.47 Å². The van der Waals surface area contributed by atoms with Crippen LogP contribution < -0.4 is 0 Å². The summed E-state index contributed by atoms with van der Waals surface area (Å²) < 4.78 is 10.8. The minimum atomic E-state index is -0.436. The first kappa shape index (κ1) is 10.8. The Morgan fingerprint density at radius 2 is 2.12 bits per heavy atom. The average Bonchev–Trinajstić information content (AvgIpc) is 3.02. The fourth-order valence-electron chi connectivity index (χ4n) is 3.24. The van der Waals surface area contributed by atoms with Gasteiger partial charge in [-0.3, -0.25) is 4.79 Å². The summed E-state index contributed by atoms with van der Waals surface area (Å²) in [5.41, 5.74) is 1.97. The Hall–Kier alpha value is -1.35. The van der Waals surface area contributed by atoms with Crippen LogP contribution in [0.25, 0.3) is 0 Å². The van der Waals surface area contributed by atoms with Crippen molar-refractivity contribution >= 4 is 5.97 Å². The second-order valence-corrected chi connectivity index (χ2v) is 4.76. The molecule has 90 valence electrons. The molecule has 1 saturated carbocycles. The number of rotatable bonds is 3. The summed E-state index contributed by atoms with van der Waals surface area (Å²) in [5, 5.41) is 0. The van der Waals surface area contributed by atoms with Crippen molar-refractivity contribution in [3.05, 3.63) is 35.4 Å². The van der Waals surface area contributed by atoms with E-state index < -0.39 is 5.41 Å². The molecule has 3 atom stereocenters. The summed E-state index contributed by atoms with van der Waals surface area (Å²) in [4.78, 5) is 12.1. The molecule has 0 saturated heterocycles. The van der Waals surface area contributed by atoms with Crippen LogP contribution >= 0.6 is 0 Å². The monoisotopic (exact) mass is 232 g/mol. The van der Waals surface area contributed by atoms with Gasteiger partial charge in [-0.1, -0.05) is 24.3 Å². The van der Waals surface area contributed by atoms with Crippen molar-refractivity contribution in [3.8, 4) is 0 Å². The lowest BCUT2D eigenvalue weighted by atomic mass is 9.97. The fraction of sp³-hybridized carbons (Fsp3) is 0.500. The van der Waals surface area contributed by atoms with Crippen LogP contribution in [0.1, 0.15) is 36.5 Å². The van der Waals surface area contributed by atoms with Gasteiger partial charge in [-0.05, 0) is 24.5 Å². The van der Waals surface area contributed by atoms with Crippen LogP contribution in [-0.2, 0) is 14.3 Å². The zero-order valence-corrected chi connectivity index (χ0v) is 10.1. The largest absolute Gasteiger partial charge is 0.465 e. The second-order valence-electron chi connectivity index (χ2n) is 4.76. The fourth-order valence-corrected chi connectivity index (χ4v) is 3.24. The molecule has 0 aliphatic heterocycles. The number of methoxy groups -OCH3 is 1. The maximum absolute atomic E-state index is 12.1. The maximum atomic E-state index is 12.1. The quantitative estimate of drug-likeness (QED) is 0.751. The number of carbonyl (C=O) groups is 1. The van der Waals surface area contributed by atoms with Crippen molar-refractivity contribution in [2.45, 2.75) is 25.4 Å². The molecule has 1 aromatic carbocycles. The highest BCUT2D eigenvalue weighted by molar-refractivity contribution is 5.85. The second kappa shape index (κ2) is 3.57. The third-order valence-corrected chi connectivity index (χ3v) is 4.02. The van der Waals surface area contributed by atoms with E-state index in [1.54, 1.807) is 7.11 Å². The van der Waals surface area contributed by atoms with Gasteiger partial charge in [0.15, 0.2) is 0 Å². The van der Waals surface area contributed by atoms with Crippen LogP contribution in [0.4, 0.5) is 0 Å². The van der Waals surface area contributed by atoms with Gasteiger partial charge in [0.05, 0.1) is 12.7 Å². The molecule has 0 aromatic heterocycles. The zero-order chi connectivity index (χ0) is 12.0. The number of carbonyl (C=O) groups excluding carboxylic acids is 1. The number of ether oxygens (including phenoxy) is 2. The van der Waals surface area contributed by atoms with Gasteiger partial charge in [0, 0.05) is 13.0 Å². The average molecular weight is 232 g/mol. The van der Waals surface area contributed by atoms with Gasteiger partial charge < -0.3 is 9.47 Å². The number of fused-ring (bicyclic) bond motifs is 3. The van der Waals surface area contributed by atoms with Gasteiger partial charge in [0.1, 0.15) is 5.41 Å². The van der Waals surface area contributed by atoms with Crippen LogP contribution in [0.3, 0.4) is 0 Å². The zero-order valence-electron chi connectivity index (χ0n) is 10.1. The summed E-state index contributed by atoms with van der Waals surface area (Å²) in [7, 11) is 1.67. The smallest absolute Gasteiger partial charge is 0.315 e. The molecule has 0 unspecified atom stereocenters. The molecule has 17 heavy (non-hydrogen) atoms. The summed E-state index contributed by atoms with van der Waals surface area (Å²) >= 11 is 0. The Morgan fingerprint density at radius 3 is 2.76 bits per heavy atom. The van der Waals surface area contributed by atoms with Crippen LogP contribution in [0.5, 0.6) is 0 Å². The first-order chi connectivity index (χ1) is 8.25. The molecule has 0 bridgehead atoms. The highest BCUT2D eigenvalue weighted by Crippen LogP contribution is 2.73. The molecule has 0 N–H and O–H groups in total. The van der Waals surface area contributed by atoms with Crippen molar-refractivity contribution < 1.29 is 14.3 Å². The highest BCUT2D eigenvalue weighted by Gasteiger charge is 2.71. The van der Waals surface area contributed by atoms with Crippen LogP contribution in [-0.4, -0.2) is 19.7 Å². The predicted molar refractivity (Wildman–Crippen MR) is 62.6 cm³/mol. The summed E-state index contributed by atoms with van der Waals surface area (Å²) in [5.74, 6) is 0.191. The number of hydrogen-bond acceptors (Lipinski definition) is 3. The predicted octanol–water partition coefficient (Wildman–Crippen LogP) is 2.42. The molecule has 3 rings (SSSR count). The lowest BCUT2D eigenvalue weighted by Gasteiger charge is -2.21. The van der Waals surface area contributed by atoms with E-state index in [2.05, 4.69) is 12.1 Å². The van der Waals surface area contributed by atoms with Crippen molar-refractivity contribution in [1.82, 2.24) is 0 Å². The molecule has 3 nitrogen and oxygen atoms in total. The first-order valence-electron chi connectivity index (χ1n) is 6.04. The molecule has 3 heteroatoms. The Balaban J connectivity index is 2.01. The van der Waals surface area contributed by atoms with Crippen molar-refractivity contribution in [3.63, 3.8) is 0 Å². The summed E-state index contributed by atoms with van der Waals surface area (Å²) in [6.07, 6.45) is 0.726. The van der Waals surface area contributed by atoms with Crippen molar-refractivity contribution in [2.75, 3.05) is 13.7 Å². The topological polar surface area (TPSA) is 35.5 Å². The third-order valence-electron chi connectivity index (χ3n) is 4.02. The third kappa shape index (κ3) is 1.23. The molecule has 0 spiro atoms. The molecule has 1 aromatic rings.